The lowest BCUT2D eigenvalue weighted by molar-refractivity contribution is -0.141. The van der Waals surface area contributed by atoms with Crippen LogP contribution in [0.25, 0.3) is 11.1 Å². The van der Waals surface area contributed by atoms with Gasteiger partial charge in [-0.25, -0.2) is 4.98 Å². The molecule has 5 amide bonds. The van der Waals surface area contributed by atoms with E-state index in [1.54, 1.807) is 24.3 Å². The van der Waals surface area contributed by atoms with E-state index < -0.39 is 58.7 Å². The molecule has 0 radical (unpaired) electrons. The molecule has 2 aromatic heterocycles. The van der Waals surface area contributed by atoms with Crippen LogP contribution >= 0.6 is 0 Å². The summed E-state index contributed by atoms with van der Waals surface area (Å²) in [6.45, 7) is 7.52. The Labute approximate surface area is 354 Å². The van der Waals surface area contributed by atoms with Crippen LogP contribution in [0.3, 0.4) is 0 Å². The largest absolute Gasteiger partial charge is 0.433 e. The van der Waals surface area contributed by atoms with Crippen molar-refractivity contribution in [1.82, 2.24) is 25.1 Å². The lowest BCUT2D eigenvalue weighted by Crippen LogP contribution is -2.54. The van der Waals surface area contributed by atoms with Crippen LogP contribution in [-0.4, -0.2) is 99.2 Å². The van der Waals surface area contributed by atoms with Gasteiger partial charge in [0.1, 0.15) is 22.9 Å². The van der Waals surface area contributed by atoms with Gasteiger partial charge in [-0.15, -0.1) is 0 Å². The van der Waals surface area contributed by atoms with Crippen molar-refractivity contribution in [2.24, 2.45) is 11.3 Å². The van der Waals surface area contributed by atoms with E-state index in [1.807, 2.05) is 0 Å². The van der Waals surface area contributed by atoms with Crippen molar-refractivity contribution in [2.45, 2.75) is 89.1 Å². The number of piperidine rings is 3. The fourth-order valence-electron chi connectivity index (χ4n) is 9.84. The number of aliphatic hydroxyl groups is 1. The number of carbonyl (C=O) groups excluding carboxylic acids is 5. The summed E-state index contributed by atoms with van der Waals surface area (Å²) in [5, 5.41) is 19.3. The number of halogens is 3. The first-order chi connectivity index (χ1) is 29.4. The van der Waals surface area contributed by atoms with Crippen molar-refractivity contribution in [3.05, 3.63) is 76.6 Å². The van der Waals surface area contributed by atoms with E-state index in [-0.39, 0.29) is 41.1 Å². The normalized spacial score (nSPS) is 21.4. The number of carbonyl (C=O) groups is 5. The molecular weight excluding hydrogens is 810 g/mol. The Morgan fingerprint density at radius 2 is 1.66 bits per heavy atom. The molecule has 4 fully saturated rings. The predicted molar refractivity (Wildman–Crippen MR) is 219 cm³/mol. The fraction of sp³-hybridized carbons (Fsp3) is 0.477. The molecule has 9 rings (SSSR count). The van der Waals surface area contributed by atoms with Crippen LogP contribution in [0.15, 0.2) is 52.9 Å². The van der Waals surface area contributed by atoms with E-state index >= 15 is 0 Å². The molecule has 1 spiro atoms. The Bertz CT molecular complexity index is 2480. The lowest BCUT2D eigenvalue weighted by Gasteiger charge is -2.53. The van der Waals surface area contributed by atoms with Crippen LogP contribution in [0.5, 0.6) is 0 Å². The van der Waals surface area contributed by atoms with Gasteiger partial charge in [0, 0.05) is 49.4 Å². The smallest absolute Gasteiger partial charge is 0.423 e. The van der Waals surface area contributed by atoms with Crippen molar-refractivity contribution in [2.75, 3.05) is 48.3 Å². The lowest BCUT2D eigenvalue weighted by atomic mass is 9.60. The minimum absolute atomic E-state index is 0.0680. The summed E-state index contributed by atoms with van der Waals surface area (Å²) in [7, 11) is 0. The van der Waals surface area contributed by atoms with Crippen LogP contribution in [0.4, 0.5) is 30.6 Å². The van der Waals surface area contributed by atoms with Gasteiger partial charge in [0.15, 0.2) is 5.58 Å². The molecule has 6 heterocycles. The zero-order chi connectivity index (χ0) is 43.7. The Balaban J connectivity index is 0.766. The van der Waals surface area contributed by atoms with Gasteiger partial charge >= 0.3 is 6.18 Å². The maximum absolute atomic E-state index is 13.6. The molecule has 3 saturated heterocycles. The molecule has 326 valence electrons. The molecule has 15 nitrogen and oxygen atoms in total. The summed E-state index contributed by atoms with van der Waals surface area (Å²) in [6.07, 6.45) is 1.42. The number of imide groups is 2. The van der Waals surface area contributed by atoms with Gasteiger partial charge in [0.05, 0.1) is 22.4 Å². The van der Waals surface area contributed by atoms with Gasteiger partial charge in [0.2, 0.25) is 11.8 Å². The average molecular weight is 857 g/mol. The number of hydrogen-bond acceptors (Lipinski definition) is 12. The van der Waals surface area contributed by atoms with Crippen LogP contribution in [0, 0.1) is 11.3 Å². The van der Waals surface area contributed by atoms with Crippen molar-refractivity contribution < 1.29 is 46.7 Å². The minimum atomic E-state index is -4.72. The number of nitrogens with zero attached hydrogens (tertiary/aromatic N) is 5. The first kappa shape index (κ1) is 41.5. The van der Waals surface area contributed by atoms with Crippen molar-refractivity contribution >= 4 is 58.0 Å². The minimum Gasteiger partial charge on any atom is -0.423 e. The van der Waals surface area contributed by atoms with Gasteiger partial charge in [-0.2, -0.15) is 18.2 Å². The molecule has 5 aliphatic rings. The fourth-order valence-corrected chi connectivity index (χ4v) is 9.84. The molecule has 1 unspecified atom stereocenters. The summed E-state index contributed by atoms with van der Waals surface area (Å²) in [5.41, 5.74) is -0.365. The van der Waals surface area contributed by atoms with E-state index in [9.17, 15) is 42.3 Å². The summed E-state index contributed by atoms with van der Waals surface area (Å²) in [5.74, 6) is -2.44. The summed E-state index contributed by atoms with van der Waals surface area (Å²) in [6, 6.07) is 10.9. The van der Waals surface area contributed by atoms with Gasteiger partial charge in [0.25, 0.3) is 23.7 Å². The van der Waals surface area contributed by atoms with Crippen LogP contribution in [0.2, 0.25) is 0 Å². The first-order valence-corrected chi connectivity index (χ1v) is 21.1. The quantitative estimate of drug-likeness (QED) is 0.151. The summed E-state index contributed by atoms with van der Waals surface area (Å²) < 4.78 is 45.9. The second-order valence-electron chi connectivity index (χ2n) is 17.9. The molecule has 4 aromatic rings. The van der Waals surface area contributed by atoms with Gasteiger partial charge < -0.3 is 30.0 Å². The zero-order valence-corrected chi connectivity index (χ0v) is 34.3. The summed E-state index contributed by atoms with van der Waals surface area (Å²) >= 11 is 0. The van der Waals surface area contributed by atoms with Crippen LogP contribution in [0.1, 0.15) is 108 Å². The third-order valence-corrected chi connectivity index (χ3v) is 13.2. The monoisotopic (exact) mass is 856 g/mol. The zero-order valence-electron chi connectivity index (χ0n) is 34.3. The average Bonchev–Trinajstić information content (AvgIpc) is 3.75. The molecule has 18 heteroatoms. The standard InChI is InChI=1S/C44H47F3N8O7/c1-42(2,61)27-19-31-33(20-30(27)50-37(57)29-7-4-8-34(49-29)44(45,46)47)62-41(51-31)54-15-11-24(12-16-54)23-53-17-13-43(14-18-53)21-25(22-43)48-28-6-3-5-26-36(28)40(60)55(39(26)59)32-9-10-35(56)52-38(32)58/h3-8,19-20,24-25,32,48,61H,9-18,21-23H2,1-2H3,(H,50,57)(H,52,56,58). The maximum atomic E-state index is 13.6. The topological polar surface area (TPSA) is 190 Å². The van der Waals surface area contributed by atoms with E-state index in [1.165, 1.54) is 26.0 Å². The number of amides is 5. The number of hydrogen-bond donors (Lipinski definition) is 4. The van der Waals surface area contributed by atoms with Gasteiger partial charge in [-0.3, -0.25) is 34.2 Å². The number of pyridine rings is 1. The highest BCUT2D eigenvalue weighted by atomic mass is 19.4. The number of aromatic nitrogens is 2. The number of benzene rings is 2. The predicted octanol–water partition coefficient (Wildman–Crippen LogP) is 5.70. The highest BCUT2D eigenvalue weighted by Gasteiger charge is 2.49. The summed E-state index contributed by atoms with van der Waals surface area (Å²) in [4.78, 5) is 77.9. The number of anilines is 3. The van der Waals surface area contributed by atoms with Gasteiger partial charge in [-0.05, 0) is 114 Å². The van der Waals surface area contributed by atoms with Gasteiger partial charge in [-0.1, -0.05) is 12.1 Å². The number of oxazole rings is 1. The molecule has 4 aliphatic heterocycles. The number of fused-ring (bicyclic) bond motifs is 2. The number of rotatable bonds is 9. The van der Waals surface area contributed by atoms with Crippen molar-refractivity contribution in [3.63, 3.8) is 0 Å². The van der Waals surface area contributed by atoms with Crippen LogP contribution in [-0.2, 0) is 21.4 Å². The number of alkyl halides is 3. The third-order valence-electron chi connectivity index (χ3n) is 13.2. The Hall–Kier alpha value is -5.88. The molecule has 0 bridgehead atoms. The highest BCUT2D eigenvalue weighted by molar-refractivity contribution is 6.25. The van der Waals surface area contributed by atoms with E-state index in [4.69, 9.17) is 9.40 Å². The molecular formula is C44H47F3N8O7. The van der Waals surface area contributed by atoms with E-state index in [0.717, 1.165) is 88.3 Å². The Morgan fingerprint density at radius 1 is 0.935 bits per heavy atom. The molecule has 1 aliphatic carbocycles. The first-order valence-electron chi connectivity index (χ1n) is 21.1. The second kappa shape index (κ2) is 15.5. The molecule has 2 aromatic carbocycles. The van der Waals surface area contributed by atoms with Crippen molar-refractivity contribution in [3.8, 4) is 0 Å². The second-order valence-corrected chi connectivity index (χ2v) is 17.9. The number of nitrogens with one attached hydrogen (secondary N) is 3. The molecule has 62 heavy (non-hydrogen) atoms. The van der Waals surface area contributed by atoms with Crippen LogP contribution < -0.4 is 20.9 Å². The Morgan fingerprint density at radius 3 is 2.35 bits per heavy atom. The SMILES string of the molecule is CC(C)(O)c1cc2nc(N3CCC(CN4CCC5(CC4)CC(Nc4cccc6c4C(=O)N(C4CCC(=O)NC4=O)C6=O)C5)CC3)oc2cc1NC(=O)c1cccc(C(F)(F)F)n1. The Kier molecular flexibility index (Phi) is 10.4. The maximum Gasteiger partial charge on any atom is 0.433 e. The van der Waals surface area contributed by atoms with E-state index in [2.05, 4.69) is 30.7 Å². The third kappa shape index (κ3) is 7.89. The van der Waals surface area contributed by atoms with Crippen molar-refractivity contribution in [1.29, 1.82) is 0 Å². The number of likely N-dealkylation sites (tertiary alicyclic amines) is 1. The highest BCUT2D eigenvalue weighted by Crippen LogP contribution is 2.51. The molecule has 4 N–H and O–H groups in total. The van der Waals surface area contributed by atoms with E-state index in [0.29, 0.717) is 34.3 Å². The molecule has 1 saturated carbocycles. The molecule has 1 atom stereocenters.